The van der Waals surface area contributed by atoms with Crippen LogP contribution < -0.4 is 5.32 Å². The number of aromatic nitrogens is 2. The lowest BCUT2D eigenvalue weighted by molar-refractivity contribution is 0.0526. The van der Waals surface area contributed by atoms with Gasteiger partial charge in [-0.15, -0.1) is 0 Å². The average molecular weight is 327 g/mol. The highest BCUT2D eigenvalue weighted by atomic mass is 32.1. The summed E-state index contributed by atoms with van der Waals surface area (Å²) in [7, 11) is 0. The molecule has 3 aromatic rings. The first-order valence-electron chi connectivity index (χ1n) is 6.98. The maximum Gasteiger partial charge on any atom is 0.338 e. The number of amides is 1. The molecule has 0 fully saturated rings. The van der Waals surface area contributed by atoms with E-state index in [1.807, 2.05) is 0 Å². The summed E-state index contributed by atoms with van der Waals surface area (Å²) in [6, 6.07) is 11.7. The number of carbonyl (C=O) groups is 2. The Morgan fingerprint density at radius 2 is 1.74 bits per heavy atom. The Hall–Kier alpha value is -2.80. The molecule has 0 aliphatic rings. The molecule has 6 nitrogen and oxygen atoms in total. The Morgan fingerprint density at radius 1 is 1.04 bits per heavy atom. The first-order valence-corrected chi connectivity index (χ1v) is 7.71. The van der Waals surface area contributed by atoms with Crippen molar-refractivity contribution in [2.24, 2.45) is 0 Å². The molecule has 0 aliphatic carbocycles. The highest BCUT2D eigenvalue weighted by Crippen LogP contribution is 2.16. The second-order valence-electron chi connectivity index (χ2n) is 4.72. The van der Waals surface area contributed by atoms with Gasteiger partial charge in [0.05, 0.1) is 23.9 Å². The zero-order chi connectivity index (χ0) is 16.2. The van der Waals surface area contributed by atoms with Gasteiger partial charge in [0, 0.05) is 11.3 Å². The Morgan fingerprint density at radius 3 is 2.48 bits per heavy atom. The van der Waals surface area contributed by atoms with E-state index in [0.29, 0.717) is 28.9 Å². The van der Waals surface area contributed by atoms with Crippen molar-refractivity contribution in [3.63, 3.8) is 0 Å². The summed E-state index contributed by atoms with van der Waals surface area (Å²) in [5.41, 5.74) is 3.00. The van der Waals surface area contributed by atoms with Gasteiger partial charge >= 0.3 is 5.97 Å². The van der Waals surface area contributed by atoms with E-state index in [1.54, 1.807) is 49.4 Å². The summed E-state index contributed by atoms with van der Waals surface area (Å²) < 4.78 is 13.1. The quantitative estimate of drug-likeness (QED) is 0.745. The summed E-state index contributed by atoms with van der Waals surface area (Å²) in [6.45, 7) is 2.08. The summed E-state index contributed by atoms with van der Waals surface area (Å²) >= 11 is 1.11. The number of anilines is 1. The zero-order valence-electron chi connectivity index (χ0n) is 12.3. The summed E-state index contributed by atoms with van der Waals surface area (Å²) in [4.78, 5) is 23.8. The van der Waals surface area contributed by atoms with Crippen LogP contribution in [0.2, 0.25) is 0 Å². The number of hydrogen-bond donors (Lipinski definition) is 1. The van der Waals surface area contributed by atoms with Crippen molar-refractivity contribution in [2.75, 3.05) is 11.9 Å². The van der Waals surface area contributed by atoms with E-state index in [0.717, 1.165) is 17.2 Å². The van der Waals surface area contributed by atoms with Gasteiger partial charge in [0.25, 0.3) is 5.91 Å². The number of hydrogen-bond acceptors (Lipinski definition) is 6. The lowest BCUT2D eigenvalue weighted by Crippen LogP contribution is -2.12. The topological polar surface area (TPSA) is 81.2 Å². The lowest BCUT2D eigenvalue weighted by atomic mass is 10.1. The number of ether oxygens (including phenoxy) is 1. The number of nitrogens with zero attached hydrogens (tertiary/aromatic N) is 2. The highest BCUT2D eigenvalue weighted by Gasteiger charge is 2.10. The maximum atomic E-state index is 12.3. The van der Waals surface area contributed by atoms with E-state index in [9.17, 15) is 9.59 Å². The molecule has 1 aromatic heterocycles. The molecular weight excluding hydrogens is 314 g/mol. The molecule has 2 aromatic carbocycles. The number of fused-ring (bicyclic) bond motifs is 1. The van der Waals surface area contributed by atoms with Crippen LogP contribution in [-0.2, 0) is 4.74 Å². The molecule has 7 heteroatoms. The summed E-state index contributed by atoms with van der Waals surface area (Å²) in [5.74, 6) is -0.629. The predicted octanol–water partition coefficient (Wildman–Crippen LogP) is 3.12. The molecule has 116 valence electrons. The largest absolute Gasteiger partial charge is 0.462 e. The molecule has 23 heavy (non-hydrogen) atoms. The normalized spacial score (nSPS) is 10.5. The molecule has 3 rings (SSSR count). The highest BCUT2D eigenvalue weighted by molar-refractivity contribution is 7.00. The van der Waals surface area contributed by atoms with E-state index in [1.165, 1.54) is 0 Å². The van der Waals surface area contributed by atoms with Gasteiger partial charge in [0.1, 0.15) is 11.0 Å². The van der Waals surface area contributed by atoms with E-state index in [4.69, 9.17) is 4.74 Å². The molecule has 0 bridgehead atoms. The van der Waals surface area contributed by atoms with Crippen LogP contribution in [0, 0.1) is 0 Å². The van der Waals surface area contributed by atoms with Gasteiger partial charge in [-0.3, -0.25) is 4.79 Å². The van der Waals surface area contributed by atoms with Gasteiger partial charge in [-0.1, -0.05) is 0 Å². The number of carbonyl (C=O) groups excluding carboxylic acids is 2. The summed E-state index contributed by atoms with van der Waals surface area (Å²) in [6.07, 6.45) is 0. The Bertz CT molecular complexity index is 858. The summed E-state index contributed by atoms with van der Waals surface area (Å²) in [5, 5.41) is 2.78. The SMILES string of the molecule is CCOC(=O)c1ccc(NC(=O)c2ccc3nsnc3c2)cc1. The minimum absolute atomic E-state index is 0.246. The van der Waals surface area contributed by atoms with E-state index < -0.39 is 0 Å². The van der Waals surface area contributed by atoms with Crippen LogP contribution in [-0.4, -0.2) is 27.2 Å². The lowest BCUT2D eigenvalue weighted by Gasteiger charge is -2.06. The van der Waals surface area contributed by atoms with E-state index in [-0.39, 0.29) is 11.9 Å². The third-order valence-corrected chi connectivity index (χ3v) is 3.73. The van der Waals surface area contributed by atoms with Gasteiger partial charge in [-0.25, -0.2) is 4.79 Å². The van der Waals surface area contributed by atoms with Gasteiger partial charge < -0.3 is 10.1 Å². The van der Waals surface area contributed by atoms with Crippen molar-refractivity contribution in [3.8, 4) is 0 Å². The monoisotopic (exact) mass is 327 g/mol. The molecule has 1 amide bonds. The average Bonchev–Trinajstić information content (AvgIpc) is 3.03. The van der Waals surface area contributed by atoms with Crippen molar-refractivity contribution >= 4 is 40.3 Å². The van der Waals surface area contributed by atoms with Crippen molar-refractivity contribution in [1.82, 2.24) is 8.75 Å². The molecule has 0 saturated heterocycles. The fraction of sp³-hybridized carbons (Fsp3) is 0.125. The second-order valence-corrected chi connectivity index (χ2v) is 5.25. The molecule has 1 heterocycles. The smallest absolute Gasteiger partial charge is 0.338 e. The van der Waals surface area contributed by atoms with Gasteiger partial charge in [-0.2, -0.15) is 8.75 Å². The van der Waals surface area contributed by atoms with Gasteiger partial charge in [0.15, 0.2) is 0 Å². The molecule has 0 radical (unpaired) electrons. The Kier molecular flexibility index (Phi) is 4.29. The molecule has 1 N–H and O–H groups in total. The first-order chi connectivity index (χ1) is 11.2. The fourth-order valence-corrected chi connectivity index (χ4v) is 2.55. The van der Waals surface area contributed by atoms with Crippen LogP contribution in [0.1, 0.15) is 27.6 Å². The molecule has 0 aliphatic heterocycles. The van der Waals surface area contributed by atoms with Gasteiger partial charge in [-0.05, 0) is 49.4 Å². The van der Waals surface area contributed by atoms with Crippen LogP contribution in [0.5, 0.6) is 0 Å². The van der Waals surface area contributed by atoms with Crippen molar-refractivity contribution < 1.29 is 14.3 Å². The van der Waals surface area contributed by atoms with E-state index in [2.05, 4.69) is 14.1 Å². The van der Waals surface area contributed by atoms with Crippen LogP contribution in [0.3, 0.4) is 0 Å². The molecular formula is C16H13N3O3S. The fourth-order valence-electron chi connectivity index (χ4n) is 2.03. The predicted molar refractivity (Wildman–Crippen MR) is 87.8 cm³/mol. The standard InChI is InChI=1S/C16H13N3O3S/c1-2-22-16(21)10-3-6-12(7-4-10)17-15(20)11-5-8-13-14(9-11)19-23-18-13/h3-9H,2H2,1H3,(H,17,20). The minimum atomic E-state index is -0.383. The van der Waals surface area contributed by atoms with Crippen LogP contribution >= 0.6 is 11.7 Å². The number of nitrogens with one attached hydrogen (secondary N) is 1. The maximum absolute atomic E-state index is 12.3. The van der Waals surface area contributed by atoms with Gasteiger partial charge in [0.2, 0.25) is 0 Å². The van der Waals surface area contributed by atoms with Crippen molar-refractivity contribution in [1.29, 1.82) is 0 Å². The molecule has 0 spiro atoms. The number of rotatable bonds is 4. The third kappa shape index (κ3) is 3.35. The Labute approximate surface area is 136 Å². The van der Waals surface area contributed by atoms with Crippen LogP contribution in [0.25, 0.3) is 11.0 Å². The van der Waals surface area contributed by atoms with E-state index >= 15 is 0 Å². The number of esters is 1. The van der Waals surface area contributed by atoms with Crippen LogP contribution in [0.15, 0.2) is 42.5 Å². The molecule has 0 unspecified atom stereocenters. The van der Waals surface area contributed by atoms with Crippen molar-refractivity contribution in [3.05, 3.63) is 53.6 Å². The zero-order valence-corrected chi connectivity index (χ0v) is 13.1. The van der Waals surface area contributed by atoms with Crippen LogP contribution in [0.4, 0.5) is 5.69 Å². The molecule has 0 atom stereocenters. The third-order valence-electron chi connectivity index (χ3n) is 3.17. The molecule has 0 saturated carbocycles. The Balaban J connectivity index is 1.73. The number of benzene rings is 2. The van der Waals surface area contributed by atoms with Crippen molar-refractivity contribution in [2.45, 2.75) is 6.92 Å². The minimum Gasteiger partial charge on any atom is -0.462 e. The first kappa shape index (κ1) is 15.1. The second kappa shape index (κ2) is 6.53.